The molecule has 2 aromatic rings. The van der Waals surface area contributed by atoms with Gasteiger partial charge >= 0.3 is 6.18 Å². The van der Waals surface area contributed by atoms with Gasteiger partial charge in [0.2, 0.25) is 5.91 Å². The minimum Gasteiger partial charge on any atom is -0.342 e. The molecule has 1 atom stereocenters. The molecule has 0 bridgehead atoms. The Labute approximate surface area is 153 Å². The van der Waals surface area contributed by atoms with E-state index in [9.17, 15) is 22.8 Å². The minimum atomic E-state index is -4.59. The van der Waals surface area contributed by atoms with Crippen LogP contribution in [0.25, 0.3) is 0 Å². The van der Waals surface area contributed by atoms with Crippen molar-refractivity contribution in [1.29, 1.82) is 0 Å². The molecule has 2 amide bonds. The van der Waals surface area contributed by atoms with E-state index in [1.807, 2.05) is 0 Å². The van der Waals surface area contributed by atoms with Crippen LogP contribution in [-0.2, 0) is 11.0 Å². The molecule has 1 heterocycles. The fourth-order valence-electron chi connectivity index (χ4n) is 2.19. The lowest BCUT2D eigenvalue weighted by Crippen LogP contribution is -2.28. The number of alkyl halides is 3. The fourth-order valence-corrected chi connectivity index (χ4v) is 2.19. The van der Waals surface area contributed by atoms with E-state index in [1.165, 1.54) is 24.0 Å². The molecule has 0 aliphatic heterocycles. The third-order valence-corrected chi connectivity index (χ3v) is 3.72. The Hall–Kier alpha value is -3.23. The molecule has 1 aromatic carbocycles. The van der Waals surface area contributed by atoms with Gasteiger partial charge in [-0.15, -0.1) is 0 Å². The van der Waals surface area contributed by atoms with Crippen molar-refractivity contribution in [3.05, 3.63) is 66.3 Å². The molecular weight excluding hydrogens is 361 g/mol. The van der Waals surface area contributed by atoms with Crippen molar-refractivity contribution in [3.8, 4) is 0 Å². The number of nitrogens with zero attached hydrogens (tertiary/aromatic N) is 3. The van der Waals surface area contributed by atoms with Crippen molar-refractivity contribution < 1.29 is 22.8 Å². The molecular formula is C18H17F3N4O2. The summed E-state index contributed by atoms with van der Waals surface area (Å²) in [6, 6.07) is 6.07. The summed E-state index contributed by atoms with van der Waals surface area (Å²) in [6.45, 7) is 4.88. The van der Waals surface area contributed by atoms with E-state index in [2.05, 4.69) is 21.9 Å². The quantitative estimate of drug-likeness (QED) is 0.811. The maximum absolute atomic E-state index is 12.7. The van der Waals surface area contributed by atoms with Gasteiger partial charge in [0.1, 0.15) is 5.69 Å². The monoisotopic (exact) mass is 378 g/mol. The number of carbonyl (C=O) groups is 2. The zero-order valence-electron chi connectivity index (χ0n) is 14.6. The first-order valence-electron chi connectivity index (χ1n) is 7.84. The number of hydrogen-bond donors (Lipinski definition) is 1. The summed E-state index contributed by atoms with van der Waals surface area (Å²) in [6.07, 6.45) is -2.43. The normalized spacial score (nSPS) is 12.2. The summed E-state index contributed by atoms with van der Waals surface area (Å²) >= 11 is 0. The molecule has 0 aliphatic carbocycles. The number of carbonyl (C=O) groups excluding carboxylic acids is 2. The lowest BCUT2D eigenvalue weighted by Gasteiger charge is -2.16. The van der Waals surface area contributed by atoms with Crippen molar-refractivity contribution in [2.24, 2.45) is 0 Å². The molecule has 1 aromatic heterocycles. The maximum atomic E-state index is 12.7. The molecule has 0 spiro atoms. The van der Waals surface area contributed by atoms with Gasteiger partial charge in [0.15, 0.2) is 5.82 Å². The predicted octanol–water partition coefficient (Wildman–Crippen LogP) is 3.14. The standard InChI is InChI=1S/C18H17F3N4O2/c1-4-15(26)25(3)13-7-5-12(6-8-13)17(27)23-11(2)16-22-10-9-14(24-16)18(19,20)21/h4-11H,1H2,2-3H3,(H,23,27). The van der Waals surface area contributed by atoms with Crippen LogP contribution in [0.1, 0.15) is 34.8 Å². The summed E-state index contributed by atoms with van der Waals surface area (Å²) in [4.78, 5) is 32.5. The number of hydrogen-bond acceptors (Lipinski definition) is 4. The van der Waals surface area contributed by atoms with E-state index in [0.717, 1.165) is 18.3 Å². The lowest BCUT2D eigenvalue weighted by molar-refractivity contribution is -0.141. The molecule has 0 radical (unpaired) electrons. The van der Waals surface area contributed by atoms with Crippen molar-refractivity contribution in [2.45, 2.75) is 19.1 Å². The minimum absolute atomic E-state index is 0.147. The van der Waals surface area contributed by atoms with Crippen LogP contribution in [0.5, 0.6) is 0 Å². The van der Waals surface area contributed by atoms with E-state index in [-0.39, 0.29) is 17.3 Å². The van der Waals surface area contributed by atoms with Crippen molar-refractivity contribution in [3.63, 3.8) is 0 Å². The number of likely N-dealkylation sites (N-methyl/N-ethyl adjacent to an activating group) is 1. The number of nitrogens with one attached hydrogen (secondary N) is 1. The van der Waals surface area contributed by atoms with Gasteiger partial charge in [-0.2, -0.15) is 13.2 Å². The highest BCUT2D eigenvalue weighted by Gasteiger charge is 2.33. The van der Waals surface area contributed by atoms with Crippen LogP contribution in [0.15, 0.2) is 49.2 Å². The average Bonchev–Trinajstić information content (AvgIpc) is 2.66. The van der Waals surface area contributed by atoms with E-state index in [4.69, 9.17) is 0 Å². The molecule has 9 heteroatoms. The Kier molecular flexibility index (Phi) is 5.94. The number of aromatic nitrogens is 2. The number of anilines is 1. The predicted molar refractivity (Wildman–Crippen MR) is 93.0 cm³/mol. The van der Waals surface area contributed by atoms with Crippen molar-refractivity contribution >= 4 is 17.5 Å². The molecule has 1 unspecified atom stereocenters. The van der Waals surface area contributed by atoms with Crippen LogP contribution in [0.2, 0.25) is 0 Å². The molecule has 0 fully saturated rings. The second kappa shape index (κ2) is 7.98. The van der Waals surface area contributed by atoms with E-state index in [0.29, 0.717) is 5.69 Å². The molecule has 0 saturated carbocycles. The highest BCUT2D eigenvalue weighted by molar-refractivity contribution is 6.01. The van der Waals surface area contributed by atoms with Crippen LogP contribution in [0, 0.1) is 0 Å². The van der Waals surface area contributed by atoms with E-state index < -0.39 is 23.8 Å². The molecule has 2 rings (SSSR count). The first kappa shape index (κ1) is 20.1. The van der Waals surface area contributed by atoms with Gasteiger partial charge in [-0.1, -0.05) is 6.58 Å². The second-order valence-electron chi connectivity index (χ2n) is 5.64. The van der Waals surface area contributed by atoms with Gasteiger partial charge in [0, 0.05) is 24.5 Å². The third kappa shape index (κ3) is 4.90. The van der Waals surface area contributed by atoms with Crippen LogP contribution in [0.3, 0.4) is 0 Å². The second-order valence-corrected chi connectivity index (χ2v) is 5.64. The highest BCUT2D eigenvalue weighted by atomic mass is 19.4. The van der Waals surface area contributed by atoms with Crippen molar-refractivity contribution in [2.75, 3.05) is 11.9 Å². The number of halogens is 3. The molecule has 6 nitrogen and oxygen atoms in total. The highest BCUT2D eigenvalue weighted by Crippen LogP contribution is 2.27. The van der Waals surface area contributed by atoms with Gasteiger partial charge in [0.05, 0.1) is 6.04 Å². The molecule has 0 saturated heterocycles. The average molecular weight is 378 g/mol. The lowest BCUT2D eigenvalue weighted by atomic mass is 10.1. The number of rotatable bonds is 5. The van der Waals surface area contributed by atoms with Gasteiger partial charge in [-0.3, -0.25) is 9.59 Å². The van der Waals surface area contributed by atoms with E-state index in [1.54, 1.807) is 19.2 Å². The first-order valence-corrected chi connectivity index (χ1v) is 7.84. The van der Waals surface area contributed by atoms with Crippen LogP contribution in [0.4, 0.5) is 18.9 Å². The summed E-state index contributed by atoms with van der Waals surface area (Å²) in [5, 5.41) is 2.55. The summed E-state index contributed by atoms with van der Waals surface area (Å²) < 4.78 is 38.2. The Morgan fingerprint density at radius 3 is 2.41 bits per heavy atom. The number of benzene rings is 1. The summed E-state index contributed by atoms with van der Waals surface area (Å²) in [5.74, 6) is -0.957. The van der Waals surface area contributed by atoms with Gasteiger partial charge in [-0.05, 0) is 43.3 Å². The van der Waals surface area contributed by atoms with Gasteiger partial charge in [0.25, 0.3) is 5.91 Å². The van der Waals surface area contributed by atoms with Gasteiger partial charge in [-0.25, -0.2) is 9.97 Å². The Bertz CT molecular complexity index is 850. The third-order valence-electron chi connectivity index (χ3n) is 3.72. The Morgan fingerprint density at radius 2 is 1.85 bits per heavy atom. The van der Waals surface area contributed by atoms with Crippen molar-refractivity contribution in [1.82, 2.24) is 15.3 Å². The van der Waals surface area contributed by atoms with Crippen LogP contribution >= 0.6 is 0 Å². The molecule has 1 N–H and O–H groups in total. The summed E-state index contributed by atoms with van der Waals surface area (Å²) in [5.41, 5.74) is -0.240. The van der Waals surface area contributed by atoms with Crippen LogP contribution in [-0.4, -0.2) is 28.8 Å². The number of amides is 2. The van der Waals surface area contributed by atoms with Gasteiger partial charge < -0.3 is 10.2 Å². The Balaban J connectivity index is 2.11. The van der Waals surface area contributed by atoms with Crippen LogP contribution < -0.4 is 10.2 Å². The smallest absolute Gasteiger partial charge is 0.342 e. The largest absolute Gasteiger partial charge is 0.433 e. The Morgan fingerprint density at radius 1 is 1.22 bits per heavy atom. The maximum Gasteiger partial charge on any atom is 0.433 e. The molecule has 142 valence electrons. The first-order chi connectivity index (χ1) is 12.6. The zero-order valence-corrected chi connectivity index (χ0v) is 14.6. The topological polar surface area (TPSA) is 75.2 Å². The SMILES string of the molecule is C=CC(=O)N(C)c1ccc(C(=O)NC(C)c2nccc(C(F)(F)F)n2)cc1. The zero-order chi connectivity index (χ0) is 20.2. The molecule has 0 aliphatic rings. The molecule has 27 heavy (non-hydrogen) atoms. The fraction of sp³-hybridized carbons (Fsp3) is 0.222. The van der Waals surface area contributed by atoms with E-state index >= 15 is 0 Å². The summed E-state index contributed by atoms with van der Waals surface area (Å²) in [7, 11) is 1.56.